The number of benzene rings is 1. The van der Waals surface area contributed by atoms with Crippen molar-refractivity contribution in [1.29, 1.82) is 0 Å². The molecule has 25 heavy (non-hydrogen) atoms. The maximum atomic E-state index is 12.5. The second-order valence-corrected chi connectivity index (χ2v) is 6.67. The Morgan fingerprint density at radius 3 is 2.36 bits per heavy atom. The summed E-state index contributed by atoms with van der Waals surface area (Å²) in [5, 5.41) is 2.98. The third-order valence-electron chi connectivity index (χ3n) is 4.99. The first-order valence-corrected chi connectivity index (χ1v) is 9.17. The molecule has 136 valence electrons. The van der Waals surface area contributed by atoms with Gasteiger partial charge < -0.3 is 19.9 Å². The van der Waals surface area contributed by atoms with Crippen molar-refractivity contribution < 1.29 is 14.3 Å². The number of likely N-dealkylation sites (tertiary alicyclic amines) is 1. The summed E-state index contributed by atoms with van der Waals surface area (Å²) in [7, 11) is 0. The van der Waals surface area contributed by atoms with Crippen LogP contribution < -0.4 is 5.32 Å². The van der Waals surface area contributed by atoms with Crippen molar-refractivity contribution in [3.8, 4) is 0 Å². The Kier molecular flexibility index (Phi) is 6.28. The standard InChI is InChI=1S/C19H27N3O3/c23-18(21-12-14-25-15-13-21)17-7-10-22(11-8-17)19(24)20-9-6-16-4-2-1-3-5-16/h1-5,17H,6-15H2,(H,20,24). The molecule has 0 atom stereocenters. The van der Waals surface area contributed by atoms with Crippen molar-refractivity contribution in [2.24, 2.45) is 5.92 Å². The van der Waals surface area contributed by atoms with Gasteiger partial charge >= 0.3 is 6.03 Å². The van der Waals surface area contributed by atoms with Crippen molar-refractivity contribution in [2.75, 3.05) is 45.9 Å². The summed E-state index contributed by atoms with van der Waals surface area (Å²) in [6.45, 7) is 4.59. The van der Waals surface area contributed by atoms with Gasteiger partial charge in [-0.3, -0.25) is 4.79 Å². The monoisotopic (exact) mass is 345 g/mol. The van der Waals surface area contributed by atoms with Gasteiger partial charge in [0.2, 0.25) is 5.91 Å². The average molecular weight is 345 g/mol. The van der Waals surface area contributed by atoms with E-state index < -0.39 is 0 Å². The molecule has 3 rings (SSSR count). The van der Waals surface area contributed by atoms with Crippen LogP contribution in [0.5, 0.6) is 0 Å². The molecule has 2 aliphatic rings. The van der Waals surface area contributed by atoms with Crippen LogP contribution >= 0.6 is 0 Å². The van der Waals surface area contributed by atoms with Gasteiger partial charge in [-0.15, -0.1) is 0 Å². The lowest BCUT2D eigenvalue weighted by molar-refractivity contribution is -0.141. The molecule has 1 aromatic carbocycles. The van der Waals surface area contributed by atoms with E-state index in [-0.39, 0.29) is 17.9 Å². The Hall–Kier alpha value is -2.08. The molecule has 2 saturated heterocycles. The number of morpholine rings is 1. The Labute approximate surface area is 149 Å². The van der Waals surface area contributed by atoms with Crippen LogP contribution in [-0.4, -0.2) is 67.7 Å². The van der Waals surface area contributed by atoms with Gasteiger partial charge in [-0.05, 0) is 24.8 Å². The number of urea groups is 1. The first-order valence-electron chi connectivity index (χ1n) is 9.17. The lowest BCUT2D eigenvalue weighted by Crippen LogP contribution is -2.49. The second-order valence-electron chi connectivity index (χ2n) is 6.67. The zero-order chi connectivity index (χ0) is 17.5. The lowest BCUT2D eigenvalue weighted by Gasteiger charge is -2.35. The van der Waals surface area contributed by atoms with Crippen molar-refractivity contribution in [2.45, 2.75) is 19.3 Å². The van der Waals surface area contributed by atoms with E-state index in [1.165, 1.54) is 5.56 Å². The molecule has 0 saturated carbocycles. The molecule has 1 aromatic rings. The normalized spacial score (nSPS) is 18.9. The second kappa shape index (κ2) is 8.85. The summed E-state index contributed by atoms with van der Waals surface area (Å²) in [6.07, 6.45) is 2.34. The van der Waals surface area contributed by atoms with E-state index in [9.17, 15) is 9.59 Å². The van der Waals surface area contributed by atoms with Crippen LogP contribution in [0.1, 0.15) is 18.4 Å². The molecule has 2 aliphatic heterocycles. The fourth-order valence-electron chi connectivity index (χ4n) is 3.44. The summed E-state index contributed by atoms with van der Waals surface area (Å²) in [6, 6.07) is 10.1. The van der Waals surface area contributed by atoms with Gasteiger partial charge in [0.15, 0.2) is 0 Å². The summed E-state index contributed by atoms with van der Waals surface area (Å²) in [5.74, 6) is 0.277. The van der Waals surface area contributed by atoms with Gasteiger partial charge in [-0.25, -0.2) is 4.79 Å². The van der Waals surface area contributed by atoms with Crippen molar-refractivity contribution in [3.63, 3.8) is 0 Å². The van der Waals surface area contributed by atoms with Gasteiger partial charge in [-0.2, -0.15) is 0 Å². The number of nitrogens with one attached hydrogen (secondary N) is 1. The Morgan fingerprint density at radius 2 is 1.68 bits per heavy atom. The summed E-state index contributed by atoms with van der Waals surface area (Å²) in [5.41, 5.74) is 1.22. The third kappa shape index (κ3) is 4.95. The van der Waals surface area contributed by atoms with Gasteiger partial charge in [0.1, 0.15) is 0 Å². The van der Waals surface area contributed by atoms with Gasteiger partial charge in [0.25, 0.3) is 0 Å². The Bertz CT molecular complexity index is 565. The highest BCUT2D eigenvalue weighted by Crippen LogP contribution is 2.20. The van der Waals surface area contributed by atoms with Gasteiger partial charge in [0, 0.05) is 38.6 Å². The van der Waals surface area contributed by atoms with Crippen molar-refractivity contribution >= 4 is 11.9 Å². The highest BCUT2D eigenvalue weighted by Gasteiger charge is 2.30. The Balaban J connectivity index is 1.37. The predicted molar refractivity (Wildman–Crippen MR) is 95.2 cm³/mol. The van der Waals surface area contributed by atoms with Crippen LogP contribution in [0.4, 0.5) is 4.79 Å². The molecule has 3 amide bonds. The number of amides is 3. The van der Waals surface area contributed by atoms with Crippen molar-refractivity contribution in [3.05, 3.63) is 35.9 Å². The summed E-state index contributed by atoms with van der Waals surface area (Å²) in [4.78, 5) is 28.5. The van der Waals surface area contributed by atoms with E-state index in [0.717, 1.165) is 19.3 Å². The van der Waals surface area contributed by atoms with Crippen LogP contribution in [0.2, 0.25) is 0 Å². The summed E-state index contributed by atoms with van der Waals surface area (Å²) < 4.78 is 5.30. The zero-order valence-corrected chi connectivity index (χ0v) is 14.7. The molecule has 0 aromatic heterocycles. The van der Waals surface area contributed by atoms with E-state index in [1.807, 2.05) is 28.0 Å². The number of ether oxygens (including phenoxy) is 1. The maximum absolute atomic E-state index is 12.5. The van der Waals surface area contributed by atoms with E-state index in [2.05, 4.69) is 17.4 Å². The SMILES string of the molecule is O=C(NCCc1ccccc1)N1CCC(C(=O)N2CCOCC2)CC1. The fraction of sp³-hybridized carbons (Fsp3) is 0.579. The lowest BCUT2D eigenvalue weighted by atomic mass is 9.95. The predicted octanol–water partition coefficient (Wildman–Crippen LogP) is 1.51. The van der Waals surface area contributed by atoms with Crippen molar-refractivity contribution in [1.82, 2.24) is 15.1 Å². The molecule has 0 spiro atoms. The van der Waals surface area contributed by atoms with E-state index >= 15 is 0 Å². The number of hydrogen-bond acceptors (Lipinski definition) is 3. The molecule has 0 bridgehead atoms. The van der Waals surface area contributed by atoms with Crippen LogP contribution in [0.3, 0.4) is 0 Å². The number of carbonyl (C=O) groups excluding carboxylic acids is 2. The third-order valence-corrected chi connectivity index (χ3v) is 4.99. The van der Waals surface area contributed by atoms with Gasteiger partial charge in [0.05, 0.1) is 13.2 Å². The molecule has 0 radical (unpaired) electrons. The topological polar surface area (TPSA) is 61.9 Å². The number of piperidine rings is 1. The highest BCUT2D eigenvalue weighted by atomic mass is 16.5. The largest absolute Gasteiger partial charge is 0.378 e. The minimum absolute atomic E-state index is 0.0202. The number of nitrogens with zero attached hydrogens (tertiary/aromatic N) is 2. The zero-order valence-electron chi connectivity index (χ0n) is 14.7. The average Bonchev–Trinajstić information content (AvgIpc) is 2.69. The van der Waals surface area contributed by atoms with Crippen LogP contribution in [0, 0.1) is 5.92 Å². The molecule has 0 unspecified atom stereocenters. The highest BCUT2D eigenvalue weighted by molar-refractivity contribution is 5.80. The maximum Gasteiger partial charge on any atom is 0.317 e. The quantitative estimate of drug-likeness (QED) is 0.900. The van der Waals surface area contributed by atoms with E-state index in [1.54, 1.807) is 0 Å². The number of rotatable bonds is 4. The van der Waals surface area contributed by atoms with Gasteiger partial charge in [-0.1, -0.05) is 30.3 Å². The minimum atomic E-state index is -0.0202. The van der Waals surface area contributed by atoms with Crippen LogP contribution in [0.15, 0.2) is 30.3 Å². The molecule has 0 aliphatic carbocycles. The molecular weight excluding hydrogens is 318 g/mol. The van der Waals surface area contributed by atoms with Crippen LogP contribution in [-0.2, 0) is 16.0 Å². The van der Waals surface area contributed by atoms with E-state index in [4.69, 9.17) is 4.74 Å². The number of carbonyl (C=O) groups is 2. The summed E-state index contributed by atoms with van der Waals surface area (Å²) >= 11 is 0. The minimum Gasteiger partial charge on any atom is -0.378 e. The molecule has 6 heteroatoms. The molecule has 2 fully saturated rings. The Morgan fingerprint density at radius 1 is 1.00 bits per heavy atom. The molecule has 2 heterocycles. The first-order chi connectivity index (χ1) is 12.2. The molecule has 1 N–H and O–H groups in total. The van der Waals surface area contributed by atoms with Crippen LogP contribution in [0.25, 0.3) is 0 Å². The fourth-order valence-corrected chi connectivity index (χ4v) is 3.44. The first kappa shape index (κ1) is 17.7. The smallest absolute Gasteiger partial charge is 0.317 e. The number of hydrogen-bond donors (Lipinski definition) is 1. The van der Waals surface area contributed by atoms with E-state index in [0.29, 0.717) is 45.9 Å². The molecular formula is C19H27N3O3. The molecule has 6 nitrogen and oxygen atoms in total.